The lowest BCUT2D eigenvalue weighted by Crippen LogP contribution is -2.09. The standard InChI is InChI=1S/C15H26/c1-7-10-14(6)15(13(5)9-3)11-12(4)8-2/h9-11,13,15H,3,7-8H2,1-2,4-6H3. The first-order chi connectivity index (χ1) is 7.06. The molecule has 0 bridgehead atoms. The van der Waals surface area contributed by atoms with Crippen molar-refractivity contribution >= 4 is 0 Å². The maximum absolute atomic E-state index is 3.90. The molecule has 0 aromatic carbocycles. The highest BCUT2D eigenvalue weighted by atomic mass is 14.2. The number of rotatable bonds is 6. The maximum Gasteiger partial charge on any atom is 0.00366 e. The van der Waals surface area contributed by atoms with Gasteiger partial charge in [0.25, 0.3) is 0 Å². The van der Waals surface area contributed by atoms with E-state index in [2.05, 4.69) is 59.4 Å². The van der Waals surface area contributed by atoms with Gasteiger partial charge in [-0.25, -0.2) is 0 Å². The molecular formula is C15H26. The fourth-order valence-corrected chi connectivity index (χ4v) is 1.73. The molecule has 0 aromatic rings. The fraction of sp³-hybridized carbons (Fsp3) is 0.600. The highest BCUT2D eigenvalue weighted by Gasteiger charge is 2.13. The third-order valence-corrected chi connectivity index (χ3v) is 3.01. The van der Waals surface area contributed by atoms with Crippen LogP contribution in [-0.4, -0.2) is 0 Å². The summed E-state index contributed by atoms with van der Waals surface area (Å²) >= 11 is 0. The largest absolute Gasteiger partial charge is 0.103 e. The molecule has 0 fully saturated rings. The molecular weight excluding hydrogens is 180 g/mol. The van der Waals surface area contributed by atoms with E-state index in [-0.39, 0.29) is 0 Å². The van der Waals surface area contributed by atoms with Gasteiger partial charge in [0.05, 0.1) is 0 Å². The second kappa shape index (κ2) is 7.50. The Kier molecular flexibility index (Phi) is 7.11. The molecule has 0 aliphatic rings. The Labute approximate surface area is 95.8 Å². The van der Waals surface area contributed by atoms with Gasteiger partial charge in [0.2, 0.25) is 0 Å². The van der Waals surface area contributed by atoms with Crippen molar-refractivity contribution in [1.29, 1.82) is 0 Å². The number of hydrogen-bond acceptors (Lipinski definition) is 0. The van der Waals surface area contributed by atoms with Crippen LogP contribution in [0.4, 0.5) is 0 Å². The summed E-state index contributed by atoms with van der Waals surface area (Å²) in [6.07, 6.45) is 9.03. The molecule has 0 aliphatic carbocycles. The first-order valence-electron chi connectivity index (χ1n) is 6.03. The smallest absolute Gasteiger partial charge is 0.00366 e. The minimum atomic E-state index is 0.522. The molecule has 0 radical (unpaired) electrons. The molecule has 0 aromatic heterocycles. The van der Waals surface area contributed by atoms with E-state index in [0.29, 0.717) is 11.8 Å². The Hall–Kier alpha value is -0.780. The lowest BCUT2D eigenvalue weighted by atomic mass is 9.85. The number of hydrogen-bond donors (Lipinski definition) is 0. The Bertz CT molecular complexity index is 243. The van der Waals surface area contributed by atoms with Gasteiger partial charge in [-0.1, -0.05) is 50.1 Å². The summed E-state index contributed by atoms with van der Waals surface area (Å²) < 4.78 is 0. The van der Waals surface area contributed by atoms with Crippen LogP contribution in [0.2, 0.25) is 0 Å². The van der Waals surface area contributed by atoms with Gasteiger partial charge in [0, 0.05) is 5.92 Å². The third kappa shape index (κ3) is 5.01. The molecule has 0 saturated heterocycles. The molecule has 2 unspecified atom stereocenters. The summed E-state index contributed by atoms with van der Waals surface area (Å²) in [4.78, 5) is 0. The first kappa shape index (κ1) is 14.2. The van der Waals surface area contributed by atoms with Crippen LogP contribution in [0.5, 0.6) is 0 Å². The summed E-state index contributed by atoms with van der Waals surface area (Å²) in [5, 5.41) is 0. The Balaban J connectivity index is 4.89. The van der Waals surface area contributed by atoms with Crippen molar-refractivity contribution in [2.75, 3.05) is 0 Å². The van der Waals surface area contributed by atoms with E-state index in [4.69, 9.17) is 0 Å². The van der Waals surface area contributed by atoms with Crippen molar-refractivity contribution in [2.24, 2.45) is 11.8 Å². The van der Waals surface area contributed by atoms with Crippen LogP contribution in [-0.2, 0) is 0 Å². The van der Waals surface area contributed by atoms with Crippen molar-refractivity contribution in [3.8, 4) is 0 Å². The van der Waals surface area contributed by atoms with Gasteiger partial charge in [-0.3, -0.25) is 0 Å². The van der Waals surface area contributed by atoms with Crippen molar-refractivity contribution < 1.29 is 0 Å². The van der Waals surface area contributed by atoms with E-state index in [1.54, 1.807) is 0 Å². The molecule has 0 heteroatoms. The summed E-state index contributed by atoms with van der Waals surface area (Å²) in [6, 6.07) is 0. The lowest BCUT2D eigenvalue weighted by molar-refractivity contribution is 0.577. The van der Waals surface area contributed by atoms with E-state index >= 15 is 0 Å². The zero-order chi connectivity index (χ0) is 11.8. The Morgan fingerprint density at radius 1 is 1.27 bits per heavy atom. The molecule has 2 atom stereocenters. The van der Waals surface area contributed by atoms with Crippen molar-refractivity contribution in [2.45, 2.75) is 47.5 Å². The molecule has 0 N–H and O–H groups in total. The van der Waals surface area contributed by atoms with Crippen LogP contribution in [0.15, 0.2) is 36.0 Å². The van der Waals surface area contributed by atoms with Crippen molar-refractivity contribution in [3.05, 3.63) is 36.0 Å². The minimum Gasteiger partial charge on any atom is -0.103 e. The molecule has 0 spiro atoms. The van der Waals surface area contributed by atoms with Crippen LogP contribution in [0.1, 0.15) is 47.5 Å². The summed E-state index contributed by atoms with van der Waals surface area (Å²) in [5.74, 6) is 1.05. The van der Waals surface area contributed by atoms with E-state index in [0.717, 1.165) is 12.8 Å². The van der Waals surface area contributed by atoms with Crippen molar-refractivity contribution in [3.63, 3.8) is 0 Å². The maximum atomic E-state index is 3.90. The molecule has 0 rings (SSSR count). The first-order valence-corrected chi connectivity index (χ1v) is 6.03. The predicted molar refractivity (Wildman–Crippen MR) is 70.9 cm³/mol. The normalized spacial score (nSPS) is 17.4. The summed E-state index contributed by atoms with van der Waals surface area (Å²) in [7, 11) is 0. The van der Waals surface area contributed by atoms with Crippen molar-refractivity contribution in [1.82, 2.24) is 0 Å². The average Bonchev–Trinajstić information content (AvgIpc) is 2.24. The summed E-state index contributed by atoms with van der Waals surface area (Å²) in [5.41, 5.74) is 2.94. The molecule has 0 heterocycles. The van der Waals surface area contributed by atoms with Gasteiger partial charge in [-0.15, -0.1) is 6.58 Å². The van der Waals surface area contributed by atoms with Gasteiger partial charge >= 0.3 is 0 Å². The van der Waals surface area contributed by atoms with Crippen LogP contribution < -0.4 is 0 Å². The molecule has 0 aliphatic heterocycles. The summed E-state index contributed by atoms with van der Waals surface area (Å²) in [6.45, 7) is 15.0. The van der Waals surface area contributed by atoms with Crippen LogP contribution in [0.3, 0.4) is 0 Å². The number of allylic oxidation sites excluding steroid dienone is 5. The lowest BCUT2D eigenvalue weighted by Gasteiger charge is -2.20. The Morgan fingerprint density at radius 3 is 2.27 bits per heavy atom. The van der Waals surface area contributed by atoms with Crippen LogP contribution in [0.25, 0.3) is 0 Å². The van der Waals surface area contributed by atoms with Gasteiger partial charge in [-0.2, -0.15) is 0 Å². The monoisotopic (exact) mass is 206 g/mol. The quantitative estimate of drug-likeness (QED) is 0.528. The highest BCUT2D eigenvalue weighted by molar-refractivity contribution is 5.17. The van der Waals surface area contributed by atoms with Gasteiger partial charge in [0.15, 0.2) is 0 Å². The molecule has 0 amide bonds. The second-order valence-electron chi connectivity index (χ2n) is 4.34. The predicted octanol–water partition coefficient (Wildman–Crippen LogP) is 5.14. The zero-order valence-corrected chi connectivity index (χ0v) is 11.0. The van der Waals surface area contributed by atoms with E-state index in [1.165, 1.54) is 11.1 Å². The van der Waals surface area contributed by atoms with Crippen LogP contribution >= 0.6 is 0 Å². The zero-order valence-electron chi connectivity index (χ0n) is 11.0. The Morgan fingerprint density at radius 2 is 1.87 bits per heavy atom. The van der Waals surface area contributed by atoms with Gasteiger partial charge in [-0.05, 0) is 32.6 Å². The van der Waals surface area contributed by atoms with E-state index in [1.807, 2.05) is 0 Å². The fourth-order valence-electron chi connectivity index (χ4n) is 1.73. The molecule has 0 saturated carbocycles. The second-order valence-corrected chi connectivity index (χ2v) is 4.34. The SMILES string of the molecule is C=CC(C)C(C=C(C)CC)C(C)=CCC. The van der Waals surface area contributed by atoms with E-state index < -0.39 is 0 Å². The van der Waals surface area contributed by atoms with Gasteiger partial charge < -0.3 is 0 Å². The molecule has 86 valence electrons. The van der Waals surface area contributed by atoms with Gasteiger partial charge in [0.1, 0.15) is 0 Å². The topological polar surface area (TPSA) is 0 Å². The minimum absolute atomic E-state index is 0.522. The molecule has 15 heavy (non-hydrogen) atoms. The average molecular weight is 206 g/mol. The van der Waals surface area contributed by atoms with Crippen LogP contribution in [0, 0.1) is 11.8 Å². The molecule has 0 nitrogen and oxygen atoms in total. The highest BCUT2D eigenvalue weighted by Crippen LogP contribution is 2.25. The third-order valence-electron chi connectivity index (χ3n) is 3.01. The van der Waals surface area contributed by atoms with E-state index in [9.17, 15) is 0 Å².